The van der Waals surface area contributed by atoms with Crippen molar-refractivity contribution in [2.75, 3.05) is 0 Å². The molecule has 0 bridgehead atoms. The molecule has 0 unspecified atom stereocenters. The second-order valence-corrected chi connectivity index (χ2v) is 6.10. The van der Waals surface area contributed by atoms with E-state index in [0.29, 0.717) is 0 Å². The number of thiazole rings is 1. The lowest BCUT2D eigenvalue weighted by molar-refractivity contribution is 0.483. The van der Waals surface area contributed by atoms with E-state index in [2.05, 4.69) is 11.1 Å². The van der Waals surface area contributed by atoms with E-state index in [1.807, 2.05) is 55.5 Å². The normalized spacial score (nSPS) is 10.4. The molecule has 0 fully saturated rings. The monoisotopic (exact) mass is 299 g/mol. The molecular weight excluding hydrogens is 286 g/mol. The molecule has 0 aliphatic rings. The first-order valence-electron chi connectivity index (χ1n) is 6.25. The summed E-state index contributed by atoms with van der Waals surface area (Å²) in [7, 11) is 0. The highest BCUT2D eigenvalue weighted by Gasteiger charge is 2.06. The number of hydrogen-bond acceptors (Lipinski definition) is 3. The first-order chi connectivity index (χ1) is 9.72. The minimum absolute atomic E-state index is 0.798. The molecule has 100 valence electrons. The van der Waals surface area contributed by atoms with Crippen molar-refractivity contribution in [3.8, 4) is 21.9 Å². The van der Waals surface area contributed by atoms with Crippen LogP contribution in [0.1, 0.15) is 5.69 Å². The molecule has 3 aromatic rings. The first kappa shape index (κ1) is 13.1. The third-order valence-electron chi connectivity index (χ3n) is 2.90. The average Bonchev–Trinajstić information content (AvgIpc) is 2.79. The zero-order valence-corrected chi connectivity index (χ0v) is 12.6. The van der Waals surface area contributed by atoms with Gasteiger partial charge in [0.1, 0.15) is 11.5 Å². The average molecular weight is 299 g/mol. The van der Waals surface area contributed by atoms with Crippen LogP contribution in [0.3, 0.4) is 0 Å². The van der Waals surface area contributed by atoms with Crippen LogP contribution in [-0.2, 0) is 0 Å². The van der Waals surface area contributed by atoms with E-state index in [1.54, 1.807) is 11.3 Å². The Balaban J connectivity index is 1.94. The predicted octanol–water partition coefficient (Wildman–Crippen LogP) is 5.57. The van der Waals surface area contributed by atoms with Crippen LogP contribution < -0.4 is 4.74 Å². The zero-order valence-electron chi connectivity index (χ0n) is 10.9. The maximum absolute atomic E-state index is 5.86. The van der Waals surface area contributed by atoms with Gasteiger partial charge in [0.15, 0.2) is 3.95 Å². The summed E-state index contributed by atoms with van der Waals surface area (Å²) < 4.78 is 6.65. The molecule has 0 amide bonds. The highest BCUT2D eigenvalue weighted by atomic mass is 32.1. The smallest absolute Gasteiger partial charge is 0.159 e. The van der Waals surface area contributed by atoms with Gasteiger partial charge >= 0.3 is 0 Å². The van der Waals surface area contributed by atoms with Gasteiger partial charge in [-0.25, -0.2) is 0 Å². The molecule has 1 N–H and O–H groups in total. The Labute approximate surface area is 126 Å². The molecular formula is C16H13NOS2. The number of ether oxygens (including phenoxy) is 1. The largest absolute Gasteiger partial charge is 0.457 e. The Morgan fingerprint density at radius 2 is 1.75 bits per heavy atom. The third-order valence-corrected chi connectivity index (χ3v) is 4.29. The molecule has 3 rings (SSSR count). The summed E-state index contributed by atoms with van der Waals surface area (Å²) in [5, 5.41) is 0. The molecule has 0 atom stereocenters. The van der Waals surface area contributed by atoms with Crippen LogP contribution >= 0.6 is 23.6 Å². The molecule has 0 aliphatic heterocycles. The summed E-state index contributed by atoms with van der Waals surface area (Å²) in [5.41, 5.74) is 2.21. The lowest BCUT2D eigenvalue weighted by Gasteiger charge is -2.07. The number of H-pyrrole nitrogens is 1. The Kier molecular flexibility index (Phi) is 3.67. The minimum Gasteiger partial charge on any atom is -0.457 e. The summed E-state index contributed by atoms with van der Waals surface area (Å²) in [6, 6.07) is 17.8. The molecule has 1 aromatic heterocycles. The molecule has 4 heteroatoms. The van der Waals surface area contributed by atoms with Gasteiger partial charge in [0.25, 0.3) is 0 Å². The van der Waals surface area contributed by atoms with Crippen LogP contribution in [0.5, 0.6) is 11.5 Å². The lowest BCUT2D eigenvalue weighted by atomic mass is 10.1. The van der Waals surface area contributed by atoms with E-state index < -0.39 is 0 Å². The van der Waals surface area contributed by atoms with Crippen molar-refractivity contribution in [3.05, 3.63) is 64.2 Å². The molecule has 2 aromatic carbocycles. The topological polar surface area (TPSA) is 25.0 Å². The highest BCUT2D eigenvalue weighted by molar-refractivity contribution is 7.73. The standard InChI is InChI=1S/C16H13NOS2/c1-11-15(20-16(19)17-11)12-6-5-9-14(10-12)18-13-7-3-2-4-8-13/h2-10H,1H3,(H,17,19). The Hall–Kier alpha value is -1.91. The SMILES string of the molecule is Cc1[nH]c(=S)sc1-c1cccc(Oc2ccccc2)c1. The zero-order chi connectivity index (χ0) is 13.9. The van der Waals surface area contributed by atoms with Crippen LogP contribution in [0.25, 0.3) is 10.4 Å². The lowest BCUT2D eigenvalue weighted by Crippen LogP contribution is -1.84. The second kappa shape index (κ2) is 5.61. The van der Waals surface area contributed by atoms with Crippen LogP contribution in [0, 0.1) is 10.9 Å². The van der Waals surface area contributed by atoms with E-state index in [0.717, 1.165) is 31.6 Å². The Morgan fingerprint density at radius 3 is 2.45 bits per heavy atom. The van der Waals surface area contributed by atoms with Gasteiger partial charge in [-0.1, -0.05) is 30.3 Å². The number of hydrogen-bond donors (Lipinski definition) is 1. The fraction of sp³-hybridized carbons (Fsp3) is 0.0625. The summed E-state index contributed by atoms with van der Waals surface area (Å²) in [4.78, 5) is 4.33. The van der Waals surface area contributed by atoms with E-state index >= 15 is 0 Å². The van der Waals surface area contributed by atoms with E-state index in [-0.39, 0.29) is 0 Å². The van der Waals surface area contributed by atoms with Crippen LogP contribution in [0.4, 0.5) is 0 Å². The number of aromatic nitrogens is 1. The van der Waals surface area contributed by atoms with Crippen molar-refractivity contribution < 1.29 is 4.74 Å². The van der Waals surface area contributed by atoms with Crippen LogP contribution in [-0.4, -0.2) is 4.98 Å². The number of aromatic amines is 1. The van der Waals surface area contributed by atoms with Gasteiger partial charge in [-0.15, -0.1) is 11.3 Å². The summed E-state index contributed by atoms with van der Waals surface area (Å²) >= 11 is 6.78. The Bertz CT molecular complexity index is 774. The van der Waals surface area contributed by atoms with Gasteiger partial charge in [-0.2, -0.15) is 0 Å². The molecule has 2 nitrogen and oxygen atoms in total. The minimum atomic E-state index is 0.798. The van der Waals surface area contributed by atoms with Crippen molar-refractivity contribution >= 4 is 23.6 Å². The number of aryl methyl sites for hydroxylation is 1. The van der Waals surface area contributed by atoms with Crippen molar-refractivity contribution in [2.45, 2.75) is 6.92 Å². The number of rotatable bonds is 3. The quantitative estimate of drug-likeness (QED) is 0.639. The molecule has 0 saturated heterocycles. The molecule has 1 heterocycles. The highest BCUT2D eigenvalue weighted by Crippen LogP contribution is 2.32. The van der Waals surface area contributed by atoms with Crippen molar-refractivity contribution in [1.29, 1.82) is 0 Å². The fourth-order valence-corrected chi connectivity index (χ4v) is 3.25. The van der Waals surface area contributed by atoms with Crippen LogP contribution in [0.2, 0.25) is 0 Å². The predicted molar refractivity (Wildman–Crippen MR) is 86.2 cm³/mol. The van der Waals surface area contributed by atoms with Gasteiger partial charge in [-0.05, 0) is 49.0 Å². The number of para-hydroxylation sites is 1. The van der Waals surface area contributed by atoms with E-state index in [4.69, 9.17) is 17.0 Å². The van der Waals surface area contributed by atoms with Gasteiger partial charge in [0.2, 0.25) is 0 Å². The van der Waals surface area contributed by atoms with E-state index in [1.165, 1.54) is 0 Å². The van der Waals surface area contributed by atoms with Gasteiger partial charge in [0, 0.05) is 5.69 Å². The molecule has 0 saturated carbocycles. The molecule has 20 heavy (non-hydrogen) atoms. The van der Waals surface area contributed by atoms with Crippen molar-refractivity contribution in [2.24, 2.45) is 0 Å². The summed E-state index contributed by atoms with van der Waals surface area (Å²) in [5.74, 6) is 1.66. The molecule has 0 spiro atoms. The van der Waals surface area contributed by atoms with Crippen LogP contribution in [0.15, 0.2) is 54.6 Å². The fourth-order valence-electron chi connectivity index (χ4n) is 2.01. The van der Waals surface area contributed by atoms with Gasteiger partial charge < -0.3 is 9.72 Å². The van der Waals surface area contributed by atoms with Crippen molar-refractivity contribution in [3.63, 3.8) is 0 Å². The summed E-state index contributed by atoms with van der Waals surface area (Å²) in [6.07, 6.45) is 0. The van der Waals surface area contributed by atoms with Gasteiger partial charge in [-0.3, -0.25) is 0 Å². The third kappa shape index (κ3) is 2.81. The Morgan fingerprint density at radius 1 is 1.00 bits per heavy atom. The molecule has 0 aliphatic carbocycles. The van der Waals surface area contributed by atoms with Crippen molar-refractivity contribution in [1.82, 2.24) is 4.98 Å². The second-order valence-electron chi connectivity index (χ2n) is 4.41. The van der Waals surface area contributed by atoms with E-state index in [9.17, 15) is 0 Å². The maximum Gasteiger partial charge on any atom is 0.159 e. The van der Waals surface area contributed by atoms with Gasteiger partial charge in [0.05, 0.1) is 4.88 Å². The maximum atomic E-state index is 5.86. The first-order valence-corrected chi connectivity index (χ1v) is 7.48. The summed E-state index contributed by atoms with van der Waals surface area (Å²) in [6.45, 7) is 2.03. The number of benzene rings is 2. The molecule has 0 radical (unpaired) electrons. The number of nitrogens with one attached hydrogen (secondary N) is 1.